The monoisotopic (exact) mass is 323 g/mol. The molecule has 0 aromatic heterocycles. The fraction of sp³-hybridized carbons (Fsp3) is 0.889. The minimum Gasteiger partial charge on any atom is -0.353 e. The van der Waals surface area contributed by atoms with E-state index in [2.05, 4.69) is 15.1 Å². The molecule has 23 heavy (non-hydrogen) atoms. The lowest BCUT2D eigenvalue weighted by molar-refractivity contribution is -0.139. The number of carbonyl (C=O) groups is 2. The smallest absolute Gasteiger partial charge is 0.237 e. The van der Waals surface area contributed by atoms with Gasteiger partial charge in [0.05, 0.1) is 12.0 Å². The zero-order chi connectivity index (χ0) is 16.8. The lowest BCUT2D eigenvalue weighted by Gasteiger charge is -2.37. The van der Waals surface area contributed by atoms with E-state index in [0.717, 1.165) is 51.9 Å². The number of nitrogens with zero attached hydrogens (tertiary/aromatic N) is 2. The fourth-order valence-electron chi connectivity index (χ4n) is 3.68. The van der Waals surface area contributed by atoms with Crippen molar-refractivity contribution in [2.24, 2.45) is 5.92 Å². The fourth-order valence-corrected chi connectivity index (χ4v) is 3.68. The summed E-state index contributed by atoms with van der Waals surface area (Å²) in [4.78, 5) is 29.3. The summed E-state index contributed by atoms with van der Waals surface area (Å²) in [5.74, 6) is 0.451. The van der Waals surface area contributed by atoms with E-state index in [1.165, 1.54) is 12.8 Å². The number of hydrogen-bond donors (Lipinski definition) is 1. The maximum Gasteiger partial charge on any atom is 0.237 e. The molecule has 132 valence electrons. The molecule has 0 radical (unpaired) electrons. The third-order valence-corrected chi connectivity index (χ3v) is 5.08. The number of likely N-dealkylation sites (tertiary alicyclic amines) is 2. The molecule has 2 saturated heterocycles. The Morgan fingerprint density at radius 3 is 2.22 bits per heavy atom. The summed E-state index contributed by atoms with van der Waals surface area (Å²) in [5.41, 5.74) is 0. The molecule has 2 amide bonds. The maximum absolute atomic E-state index is 12.8. The largest absolute Gasteiger partial charge is 0.353 e. The number of nitrogens with one attached hydrogen (secondary N) is 1. The van der Waals surface area contributed by atoms with Gasteiger partial charge in [0.25, 0.3) is 0 Å². The van der Waals surface area contributed by atoms with Crippen molar-refractivity contribution in [3.63, 3.8) is 0 Å². The van der Waals surface area contributed by atoms with Crippen LogP contribution in [0.25, 0.3) is 0 Å². The summed E-state index contributed by atoms with van der Waals surface area (Å²) >= 11 is 0. The topological polar surface area (TPSA) is 52.7 Å². The van der Waals surface area contributed by atoms with Crippen LogP contribution >= 0.6 is 0 Å². The van der Waals surface area contributed by atoms with E-state index in [1.54, 1.807) is 0 Å². The molecular formula is C18H33N3O2. The molecule has 2 aliphatic heterocycles. The molecule has 2 heterocycles. The van der Waals surface area contributed by atoms with Crippen LogP contribution in [-0.4, -0.2) is 59.9 Å². The van der Waals surface area contributed by atoms with Gasteiger partial charge in [0, 0.05) is 25.7 Å². The highest BCUT2D eigenvalue weighted by Gasteiger charge is 2.33. The van der Waals surface area contributed by atoms with Crippen molar-refractivity contribution in [2.45, 2.75) is 71.4 Å². The molecule has 0 aromatic rings. The van der Waals surface area contributed by atoms with Gasteiger partial charge in [-0.3, -0.25) is 14.5 Å². The van der Waals surface area contributed by atoms with Crippen LogP contribution in [0.2, 0.25) is 0 Å². The molecule has 0 saturated carbocycles. The quantitative estimate of drug-likeness (QED) is 0.861. The SMILES string of the molecule is CC(C)NC(=O)C(C)N1CCCC(C(=O)N2CCCCCC2)C1. The Morgan fingerprint density at radius 1 is 0.957 bits per heavy atom. The second-order valence-corrected chi connectivity index (χ2v) is 7.41. The number of rotatable bonds is 4. The van der Waals surface area contributed by atoms with E-state index in [4.69, 9.17) is 0 Å². The van der Waals surface area contributed by atoms with Crippen LogP contribution in [0.15, 0.2) is 0 Å². The standard InChI is InChI=1S/C18H33N3O2/c1-14(2)19-17(22)15(3)21-12-8-9-16(13-21)18(23)20-10-6-4-5-7-11-20/h14-16H,4-13H2,1-3H3,(H,19,22). The zero-order valence-electron chi connectivity index (χ0n) is 15.0. The number of carbonyl (C=O) groups excluding carboxylic acids is 2. The first kappa shape index (κ1) is 18.2. The third-order valence-electron chi connectivity index (χ3n) is 5.08. The number of amides is 2. The second kappa shape index (κ2) is 8.67. The van der Waals surface area contributed by atoms with Gasteiger partial charge in [0.15, 0.2) is 0 Å². The molecule has 2 aliphatic rings. The van der Waals surface area contributed by atoms with Gasteiger partial charge in [-0.1, -0.05) is 12.8 Å². The van der Waals surface area contributed by atoms with Crippen molar-refractivity contribution in [1.29, 1.82) is 0 Å². The van der Waals surface area contributed by atoms with Crippen LogP contribution in [0.5, 0.6) is 0 Å². The first-order valence-electron chi connectivity index (χ1n) is 9.32. The third kappa shape index (κ3) is 5.20. The Labute approximate surface area is 140 Å². The number of hydrogen-bond acceptors (Lipinski definition) is 3. The molecule has 1 N–H and O–H groups in total. The molecule has 5 nitrogen and oxygen atoms in total. The predicted molar refractivity (Wildman–Crippen MR) is 92.1 cm³/mol. The number of piperidine rings is 1. The van der Waals surface area contributed by atoms with Crippen LogP contribution < -0.4 is 5.32 Å². The zero-order valence-corrected chi connectivity index (χ0v) is 15.0. The first-order chi connectivity index (χ1) is 11.0. The van der Waals surface area contributed by atoms with Gasteiger partial charge in [-0.05, 0) is 53.0 Å². The van der Waals surface area contributed by atoms with Gasteiger partial charge < -0.3 is 10.2 Å². The van der Waals surface area contributed by atoms with Gasteiger partial charge >= 0.3 is 0 Å². The molecule has 0 aliphatic carbocycles. The summed E-state index contributed by atoms with van der Waals surface area (Å²) in [5, 5.41) is 2.98. The molecule has 2 unspecified atom stereocenters. The summed E-state index contributed by atoms with van der Waals surface area (Å²) in [6.45, 7) is 9.38. The summed E-state index contributed by atoms with van der Waals surface area (Å²) in [7, 11) is 0. The lowest BCUT2D eigenvalue weighted by atomic mass is 9.95. The van der Waals surface area contributed by atoms with Gasteiger partial charge in [-0.25, -0.2) is 0 Å². The molecule has 0 bridgehead atoms. The summed E-state index contributed by atoms with van der Waals surface area (Å²) in [6, 6.07) is 0.00130. The van der Waals surface area contributed by atoms with E-state index < -0.39 is 0 Å². The highest BCUT2D eigenvalue weighted by atomic mass is 16.2. The Bertz CT molecular complexity index is 403. The van der Waals surface area contributed by atoms with E-state index in [1.807, 2.05) is 20.8 Å². The minimum atomic E-state index is -0.155. The highest BCUT2D eigenvalue weighted by Crippen LogP contribution is 2.22. The minimum absolute atomic E-state index is 0.0659. The summed E-state index contributed by atoms with van der Waals surface area (Å²) < 4.78 is 0. The van der Waals surface area contributed by atoms with Crippen LogP contribution in [0, 0.1) is 5.92 Å². The Hall–Kier alpha value is -1.10. The van der Waals surface area contributed by atoms with Gasteiger partial charge in [-0.15, -0.1) is 0 Å². The van der Waals surface area contributed by atoms with Crippen molar-refractivity contribution >= 4 is 11.8 Å². The van der Waals surface area contributed by atoms with Crippen LogP contribution in [0.3, 0.4) is 0 Å². The molecule has 0 spiro atoms. The highest BCUT2D eigenvalue weighted by molar-refractivity contribution is 5.82. The lowest BCUT2D eigenvalue weighted by Crippen LogP contribution is -2.52. The molecule has 5 heteroatoms. The van der Waals surface area contributed by atoms with Crippen LogP contribution in [-0.2, 0) is 9.59 Å². The van der Waals surface area contributed by atoms with Gasteiger partial charge in [0.1, 0.15) is 0 Å². The van der Waals surface area contributed by atoms with Crippen molar-refractivity contribution in [2.75, 3.05) is 26.2 Å². The summed E-state index contributed by atoms with van der Waals surface area (Å²) in [6.07, 6.45) is 6.72. The predicted octanol–water partition coefficient (Wildman–Crippen LogP) is 2.01. The van der Waals surface area contributed by atoms with Crippen molar-refractivity contribution in [3.8, 4) is 0 Å². The molecule has 0 aromatic carbocycles. The van der Waals surface area contributed by atoms with Gasteiger partial charge in [-0.2, -0.15) is 0 Å². The van der Waals surface area contributed by atoms with Crippen LogP contribution in [0.4, 0.5) is 0 Å². The van der Waals surface area contributed by atoms with E-state index in [-0.39, 0.29) is 23.9 Å². The second-order valence-electron chi connectivity index (χ2n) is 7.41. The van der Waals surface area contributed by atoms with E-state index >= 15 is 0 Å². The average molecular weight is 323 g/mol. The average Bonchev–Trinajstić information content (AvgIpc) is 2.82. The van der Waals surface area contributed by atoms with Crippen molar-refractivity contribution < 1.29 is 9.59 Å². The van der Waals surface area contributed by atoms with Crippen LogP contribution in [0.1, 0.15) is 59.3 Å². The first-order valence-corrected chi connectivity index (χ1v) is 9.32. The molecular weight excluding hydrogens is 290 g/mol. The Morgan fingerprint density at radius 2 is 1.61 bits per heavy atom. The van der Waals surface area contributed by atoms with E-state index in [9.17, 15) is 9.59 Å². The maximum atomic E-state index is 12.8. The van der Waals surface area contributed by atoms with Crippen molar-refractivity contribution in [3.05, 3.63) is 0 Å². The van der Waals surface area contributed by atoms with Crippen molar-refractivity contribution in [1.82, 2.24) is 15.1 Å². The Balaban J connectivity index is 1.91. The van der Waals surface area contributed by atoms with E-state index in [0.29, 0.717) is 5.91 Å². The molecule has 2 rings (SSSR count). The molecule has 2 atom stereocenters. The Kier molecular flexibility index (Phi) is 6.88. The van der Waals surface area contributed by atoms with Gasteiger partial charge in [0.2, 0.25) is 11.8 Å². The normalized spacial score (nSPS) is 25.0. The molecule has 2 fully saturated rings.